The monoisotopic (exact) mass is 764 g/mol. The van der Waals surface area contributed by atoms with E-state index in [1.54, 1.807) is 0 Å². The van der Waals surface area contributed by atoms with E-state index in [-0.39, 0.29) is 6.04 Å². The van der Waals surface area contributed by atoms with E-state index in [9.17, 15) is 0 Å². The number of fused-ring (bicyclic) bond motifs is 12. The number of nitrogens with one attached hydrogen (secondary N) is 1. The number of rotatable bonds is 4. The minimum absolute atomic E-state index is 0.0187. The molecule has 0 spiro atoms. The summed E-state index contributed by atoms with van der Waals surface area (Å²) in [4.78, 5) is 5.28. The third kappa shape index (κ3) is 4.76. The van der Waals surface area contributed by atoms with Crippen LogP contribution in [0.5, 0.6) is 0 Å². The van der Waals surface area contributed by atoms with Gasteiger partial charge in [-0.3, -0.25) is 0 Å². The second-order valence-electron chi connectivity index (χ2n) is 15.9. The molecule has 1 aliphatic heterocycles. The Bertz CT molecular complexity index is 3740. The van der Waals surface area contributed by atoms with Crippen LogP contribution < -0.4 is 5.32 Å². The minimum Gasteiger partial charge on any atom is -0.359 e. The van der Waals surface area contributed by atoms with E-state index in [1.165, 1.54) is 76.3 Å². The number of nitrogens with zero attached hydrogens (tertiary/aromatic N) is 3. The Kier molecular flexibility index (Phi) is 7.04. The van der Waals surface area contributed by atoms with Crippen LogP contribution in [0.3, 0.4) is 0 Å². The smallest absolute Gasteiger partial charge is 0.135 e. The lowest BCUT2D eigenvalue weighted by Gasteiger charge is -2.28. The van der Waals surface area contributed by atoms with Gasteiger partial charge >= 0.3 is 0 Å². The summed E-state index contributed by atoms with van der Waals surface area (Å²) in [5, 5.41) is 16.2. The van der Waals surface area contributed by atoms with E-state index in [0.717, 1.165) is 39.2 Å². The molecule has 4 nitrogen and oxygen atoms in total. The Morgan fingerprint density at radius 2 is 0.967 bits per heavy atom. The first-order valence-electron chi connectivity index (χ1n) is 20.7. The standard InChI is InChI=1S/C56H36N4/c1-3-17-37(18-4-1)55-44-25-13-14-26-47(44)57-56(58-55)43-29-32-48(42-24-12-11-23-41(42)43)60-50-31-28-36-16-8-10-22-40(36)54(50)46-33-45-51(34-52(46)60)59(38-19-5-2-6-20-38)49-30-27-35-15-7-9-21-39(35)53(45)49/h1-34,55H,(H,57,58). The van der Waals surface area contributed by atoms with E-state index in [1.807, 2.05) is 0 Å². The van der Waals surface area contributed by atoms with Crippen molar-refractivity contribution >= 4 is 87.5 Å². The Balaban J connectivity index is 1.12. The van der Waals surface area contributed by atoms with Crippen molar-refractivity contribution in [1.29, 1.82) is 0 Å². The SMILES string of the molecule is c1ccc(C2NC(c3ccc(-n4c5cc6c(cc5c5c7ccccc7ccc54)c4c5ccccc5ccc4n6-c4ccccc4)c4ccccc34)=Nc3ccccc32)cc1. The molecule has 1 atom stereocenters. The van der Waals surface area contributed by atoms with Gasteiger partial charge in [-0.2, -0.15) is 0 Å². The molecule has 3 heterocycles. The van der Waals surface area contributed by atoms with Gasteiger partial charge < -0.3 is 14.5 Å². The molecule has 4 heteroatoms. The van der Waals surface area contributed by atoms with Crippen LogP contribution in [0, 0.1) is 0 Å². The third-order valence-electron chi connectivity index (χ3n) is 12.7. The number of benzene rings is 10. The topological polar surface area (TPSA) is 34.2 Å². The summed E-state index contributed by atoms with van der Waals surface area (Å²) in [5.74, 6) is 0.875. The van der Waals surface area contributed by atoms with E-state index < -0.39 is 0 Å². The summed E-state index contributed by atoms with van der Waals surface area (Å²) in [6, 6.07) is 75.0. The Morgan fingerprint density at radius 1 is 0.400 bits per heavy atom. The fraction of sp³-hybridized carbons (Fsp3) is 0.0179. The molecular formula is C56H36N4. The molecule has 1 aliphatic rings. The first kappa shape index (κ1) is 33.1. The fourth-order valence-electron chi connectivity index (χ4n) is 10.1. The fourth-order valence-corrected chi connectivity index (χ4v) is 10.1. The normalized spacial score (nSPS) is 14.1. The molecule has 0 amide bonds. The molecule has 0 aliphatic carbocycles. The van der Waals surface area contributed by atoms with Crippen molar-refractivity contribution in [3.8, 4) is 11.4 Å². The Morgan fingerprint density at radius 3 is 1.68 bits per heavy atom. The summed E-state index contributed by atoms with van der Waals surface area (Å²) in [5.41, 5.74) is 11.5. The Hall–Kier alpha value is -7.95. The van der Waals surface area contributed by atoms with Gasteiger partial charge in [0.2, 0.25) is 0 Å². The second kappa shape index (κ2) is 12.8. The first-order valence-corrected chi connectivity index (χ1v) is 20.7. The van der Waals surface area contributed by atoms with Gasteiger partial charge in [-0.25, -0.2) is 4.99 Å². The van der Waals surface area contributed by atoms with Crippen molar-refractivity contribution < 1.29 is 0 Å². The van der Waals surface area contributed by atoms with Crippen molar-refractivity contribution in [2.75, 3.05) is 0 Å². The predicted octanol–water partition coefficient (Wildman–Crippen LogP) is 14.1. The van der Waals surface area contributed by atoms with Gasteiger partial charge in [-0.1, -0.05) is 152 Å². The van der Waals surface area contributed by atoms with Crippen LogP contribution in [0.15, 0.2) is 211 Å². The highest BCUT2D eigenvalue weighted by atomic mass is 15.1. The van der Waals surface area contributed by atoms with Gasteiger partial charge in [-0.05, 0) is 87.1 Å². The van der Waals surface area contributed by atoms with Gasteiger partial charge in [0, 0.05) is 43.7 Å². The lowest BCUT2D eigenvalue weighted by atomic mass is 9.94. The van der Waals surface area contributed by atoms with Crippen LogP contribution in [0.4, 0.5) is 5.69 Å². The van der Waals surface area contributed by atoms with Crippen molar-refractivity contribution in [2.45, 2.75) is 6.04 Å². The molecule has 10 aromatic carbocycles. The van der Waals surface area contributed by atoms with Crippen molar-refractivity contribution in [1.82, 2.24) is 14.5 Å². The van der Waals surface area contributed by atoms with Crippen LogP contribution in [-0.2, 0) is 0 Å². The van der Waals surface area contributed by atoms with Crippen LogP contribution >= 0.6 is 0 Å². The molecule has 0 bridgehead atoms. The molecule has 0 saturated carbocycles. The number of aliphatic imine (C=N–C) groups is 1. The minimum atomic E-state index is -0.0187. The molecule has 1 N–H and O–H groups in total. The lowest BCUT2D eigenvalue weighted by molar-refractivity contribution is 0.750. The maximum atomic E-state index is 5.28. The van der Waals surface area contributed by atoms with Gasteiger partial charge in [0.25, 0.3) is 0 Å². The van der Waals surface area contributed by atoms with Gasteiger partial charge in [0.05, 0.1) is 39.5 Å². The summed E-state index contributed by atoms with van der Waals surface area (Å²) in [7, 11) is 0. The molecular weight excluding hydrogens is 729 g/mol. The quantitative estimate of drug-likeness (QED) is 0.190. The van der Waals surface area contributed by atoms with Crippen LogP contribution in [0.1, 0.15) is 22.7 Å². The number of amidine groups is 1. The highest BCUT2D eigenvalue weighted by molar-refractivity contribution is 6.28. The van der Waals surface area contributed by atoms with E-state index in [2.05, 4.69) is 221 Å². The van der Waals surface area contributed by atoms with Crippen molar-refractivity contribution in [2.24, 2.45) is 4.99 Å². The zero-order valence-corrected chi connectivity index (χ0v) is 32.5. The molecule has 1 unspecified atom stereocenters. The van der Waals surface area contributed by atoms with Gasteiger partial charge in [-0.15, -0.1) is 0 Å². The molecule has 2 aromatic heterocycles. The van der Waals surface area contributed by atoms with Crippen molar-refractivity contribution in [3.63, 3.8) is 0 Å². The largest absolute Gasteiger partial charge is 0.359 e. The highest BCUT2D eigenvalue weighted by Crippen LogP contribution is 2.45. The average molecular weight is 765 g/mol. The third-order valence-corrected chi connectivity index (χ3v) is 12.7. The molecule has 280 valence electrons. The zero-order valence-electron chi connectivity index (χ0n) is 32.5. The summed E-state index contributed by atoms with van der Waals surface area (Å²) >= 11 is 0. The van der Waals surface area contributed by atoms with Gasteiger partial charge in [0.1, 0.15) is 5.84 Å². The van der Waals surface area contributed by atoms with Crippen LogP contribution in [0.25, 0.3) is 87.3 Å². The highest BCUT2D eigenvalue weighted by Gasteiger charge is 2.26. The average Bonchev–Trinajstić information content (AvgIpc) is 3.83. The summed E-state index contributed by atoms with van der Waals surface area (Å²) in [6.07, 6.45) is 0. The number of hydrogen-bond acceptors (Lipinski definition) is 2. The second-order valence-corrected chi connectivity index (χ2v) is 15.9. The number of para-hydroxylation sites is 2. The predicted molar refractivity (Wildman–Crippen MR) is 252 cm³/mol. The zero-order chi connectivity index (χ0) is 39.3. The van der Waals surface area contributed by atoms with E-state index in [0.29, 0.717) is 0 Å². The number of aromatic nitrogens is 2. The van der Waals surface area contributed by atoms with E-state index >= 15 is 0 Å². The van der Waals surface area contributed by atoms with Crippen LogP contribution in [0.2, 0.25) is 0 Å². The van der Waals surface area contributed by atoms with Crippen molar-refractivity contribution in [3.05, 3.63) is 223 Å². The van der Waals surface area contributed by atoms with E-state index in [4.69, 9.17) is 4.99 Å². The molecule has 0 saturated heterocycles. The molecule has 12 aromatic rings. The summed E-state index contributed by atoms with van der Waals surface area (Å²) < 4.78 is 4.96. The van der Waals surface area contributed by atoms with Gasteiger partial charge in [0.15, 0.2) is 0 Å². The number of hydrogen-bond donors (Lipinski definition) is 1. The van der Waals surface area contributed by atoms with Crippen LogP contribution in [-0.4, -0.2) is 15.0 Å². The molecule has 13 rings (SSSR count). The maximum Gasteiger partial charge on any atom is 0.135 e. The first-order chi connectivity index (χ1) is 29.8. The maximum absolute atomic E-state index is 5.28. The lowest BCUT2D eigenvalue weighted by Crippen LogP contribution is -2.33. The Labute approximate surface area is 345 Å². The summed E-state index contributed by atoms with van der Waals surface area (Å²) in [6.45, 7) is 0. The molecule has 0 fully saturated rings. The molecule has 60 heavy (non-hydrogen) atoms. The molecule has 0 radical (unpaired) electrons.